The minimum atomic E-state index is 0.0769. The summed E-state index contributed by atoms with van der Waals surface area (Å²) in [5, 5.41) is 10.7. The summed E-state index contributed by atoms with van der Waals surface area (Å²) in [7, 11) is 3.24. The van der Waals surface area contributed by atoms with E-state index in [0.717, 1.165) is 51.2 Å². The van der Waals surface area contributed by atoms with Crippen LogP contribution in [-0.2, 0) is 4.74 Å². The van der Waals surface area contributed by atoms with Crippen molar-refractivity contribution >= 4 is 23.7 Å². The van der Waals surface area contributed by atoms with Gasteiger partial charge in [0, 0.05) is 40.6 Å². The number of nitriles is 1. The van der Waals surface area contributed by atoms with Crippen LogP contribution in [-0.4, -0.2) is 43.5 Å². The van der Waals surface area contributed by atoms with Gasteiger partial charge in [0.1, 0.15) is 23.6 Å². The molecule has 0 radical (unpaired) electrons. The summed E-state index contributed by atoms with van der Waals surface area (Å²) in [5.41, 5.74) is 5.08. The summed E-state index contributed by atoms with van der Waals surface area (Å²) in [6, 6.07) is 27.7. The Morgan fingerprint density at radius 2 is 1.61 bits per heavy atom. The molecule has 6 rings (SSSR count). The number of methoxy groups -OCH3 is 2. The molecule has 0 atom stereocenters. The lowest BCUT2D eigenvalue weighted by Crippen LogP contribution is -2.26. The molecule has 1 aliphatic rings. The molecule has 0 amide bonds. The quantitative estimate of drug-likeness (QED) is 0.210. The number of aromatic nitrogens is 2. The van der Waals surface area contributed by atoms with E-state index in [-0.39, 0.29) is 6.10 Å². The van der Waals surface area contributed by atoms with Crippen molar-refractivity contribution in [2.75, 3.05) is 27.4 Å². The Kier molecular flexibility index (Phi) is 9.09. The van der Waals surface area contributed by atoms with Crippen LogP contribution in [0.4, 0.5) is 0 Å². The van der Waals surface area contributed by atoms with Crippen LogP contribution in [0.2, 0.25) is 0 Å². The monoisotopic (exact) mass is 565 g/mol. The van der Waals surface area contributed by atoms with E-state index in [2.05, 4.69) is 34.7 Å². The smallest absolute Gasteiger partial charge is 0.161 e. The first kappa shape index (κ1) is 28.1. The molecule has 0 spiro atoms. The maximum Gasteiger partial charge on any atom is 0.161 e. The highest BCUT2D eigenvalue weighted by Gasteiger charge is 2.18. The third-order valence-corrected chi connectivity index (χ3v) is 7.15. The minimum Gasteiger partial charge on any atom is -0.493 e. The number of thiol groups is 1. The number of hydrogen-bond donors (Lipinski definition) is 2. The van der Waals surface area contributed by atoms with E-state index < -0.39 is 0 Å². The summed E-state index contributed by atoms with van der Waals surface area (Å²) < 4.78 is 22.3. The molecule has 1 N–H and O–H groups in total. The second kappa shape index (κ2) is 13.3. The maximum absolute atomic E-state index is 9.78. The fraction of sp³-hybridized carbons (Fsp3) is 0.212. The van der Waals surface area contributed by atoms with E-state index in [9.17, 15) is 5.26 Å². The fourth-order valence-corrected chi connectivity index (χ4v) is 4.90. The SMILES string of the molecule is COc1ccc(-c2cc3c(-c4ccc(OC5CCOCC5)c(C#N)c4)ccnc3[nH]2)cc1OC.Sc1ccccc1. The molecular weight excluding hydrogens is 534 g/mol. The Bertz CT molecular complexity index is 1660. The van der Waals surface area contributed by atoms with Gasteiger partial charge in [-0.1, -0.05) is 24.3 Å². The number of pyridine rings is 1. The molecule has 3 aromatic carbocycles. The van der Waals surface area contributed by atoms with Gasteiger partial charge in [-0.15, -0.1) is 12.6 Å². The van der Waals surface area contributed by atoms with Gasteiger partial charge in [0.25, 0.3) is 0 Å². The molecule has 8 heteroatoms. The van der Waals surface area contributed by atoms with Crippen molar-refractivity contribution in [1.29, 1.82) is 5.26 Å². The van der Waals surface area contributed by atoms with E-state index in [1.54, 1.807) is 20.4 Å². The number of H-pyrrole nitrogens is 1. The predicted molar refractivity (Wildman–Crippen MR) is 163 cm³/mol. The first-order chi connectivity index (χ1) is 20.1. The number of nitrogens with zero attached hydrogens (tertiary/aromatic N) is 2. The maximum atomic E-state index is 9.78. The number of nitrogens with one attached hydrogen (secondary N) is 1. The summed E-state index contributed by atoms with van der Waals surface area (Å²) >= 11 is 4.08. The lowest BCUT2D eigenvalue weighted by atomic mass is 10.0. The molecule has 3 heterocycles. The van der Waals surface area contributed by atoms with Crippen LogP contribution in [0.3, 0.4) is 0 Å². The molecule has 2 aromatic heterocycles. The van der Waals surface area contributed by atoms with Crippen molar-refractivity contribution in [2.45, 2.75) is 23.8 Å². The zero-order valence-corrected chi connectivity index (χ0v) is 23.9. The Morgan fingerprint density at radius 3 is 2.29 bits per heavy atom. The van der Waals surface area contributed by atoms with E-state index in [4.69, 9.17) is 18.9 Å². The van der Waals surface area contributed by atoms with Crippen molar-refractivity contribution in [3.05, 3.63) is 90.6 Å². The topological polar surface area (TPSA) is 89.4 Å². The van der Waals surface area contributed by atoms with Gasteiger partial charge in [-0.3, -0.25) is 0 Å². The van der Waals surface area contributed by atoms with E-state index in [1.807, 2.05) is 72.8 Å². The lowest BCUT2D eigenvalue weighted by molar-refractivity contribution is 0.0254. The predicted octanol–water partition coefficient (Wildman–Crippen LogP) is 7.32. The summed E-state index contributed by atoms with van der Waals surface area (Å²) in [5.74, 6) is 1.95. The molecular formula is C33H31N3O4S. The average Bonchev–Trinajstić information content (AvgIpc) is 3.47. The normalized spacial score (nSPS) is 13.1. The molecule has 1 fully saturated rings. The van der Waals surface area contributed by atoms with Gasteiger partial charge >= 0.3 is 0 Å². The van der Waals surface area contributed by atoms with Crippen LogP contribution in [0.1, 0.15) is 18.4 Å². The fourth-order valence-electron chi connectivity index (χ4n) is 4.73. The first-order valence-electron chi connectivity index (χ1n) is 13.3. The highest BCUT2D eigenvalue weighted by Crippen LogP contribution is 2.36. The summed E-state index contributed by atoms with van der Waals surface area (Å²) in [6.07, 6.45) is 3.51. The van der Waals surface area contributed by atoms with Crippen molar-refractivity contribution in [1.82, 2.24) is 9.97 Å². The summed E-state index contributed by atoms with van der Waals surface area (Å²) in [4.78, 5) is 8.93. The number of benzene rings is 3. The van der Waals surface area contributed by atoms with Crippen molar-refractivity contribution in [3.63, 3.8) is 0 Å². The molecule has 0 bridgehead atoms. The standard InChI is InChI=1S/C27H25N3O4.C6H6S/c1-31-25-6-4-18(14-26(25)32-2)23-15-22-21(7-10-29-27(22)30-23)17-3-5-24(19(13-17)16-28)34-20-8-11-33-12-9-20;7-6-4-2-1-3-5-6/h3-7,10,13-15,20H,8-9,11-12H2,1-2H3,(H,29,30);1-5,7H. The Labute approximate surface area is 245 Å². The molecule has 5 aromatic rings. The largest absolute Gasteiger partial charge is 0.493 e. The minimum absolute atomic E-state index is 0.0769. The van der Waals surface area contributed by atoms with Gasteiger partial charge in [0.2, 0.25) is 0 Å². The van der Waals surface area contributed by atoms with Crippen LogP contribution in [0.5, 0.6) is 17.2 Å². The number of rotatable bonds is 6. The van der Waals surface area contributed by atoms with Gasteiger partial charge in [-0.2, -0.15) is 5.26 Å². The van der Waals surface area contributed by atoms with E-state index in [0.29, 0.717) is 36.0 Å². The molecule has 0 unspecified atom stereocenters. The number of hydrogen-bond acceptors (Lipinski definition) is 7. The van der Waals surface area contributed by atoms with Crippen molar-refractivity contribution < 1.29 is 18.9 Å². The number of fused-ring (bicyclic) bond motifs is 1. The molecule has 41 heavy (non-hydrogen) atoms. The van der Waals surface area contributed by atoms with Gasteiger partial charge in [-0.25, -0.2) is 4.98 Å². The zero-order valence-electron chi connectivity index (χ0n) is 23.0. The lowest BCUT2D eigenvalue weighted by Gasteiger charge is -2.23. The van der Waals surface area contributed by atoms with Crippen LogP contribution in [0.15, 0.2) is 90.0 Å². The molecule has 0 aliphatic carbocycles. The third-order valence-electron chi connectivity index (χ3n) is 6.86. The molecule has 1 aliphatic heterocycles. The van der Waals surface area contributed by atoms with Crippen LogP contribution >= 0.6 is 12.6 Å². The third kappa shape index (κ3) is 6.65. The number of ether oxygens (including phenoxy) is 4. The molecule has 0 saturated carbocycles. The van der Waals surface area contributed by atoms with Crippen molar-refractivity contribution in [3.8, 4) is 45.7 Å². The highest BCUT2D eigenvalue weighted by molar-refractivity contribution is 7.80. The van der Waals surface area contributed by atoms with Crippen molar-refractivity contribution in [2.24, 2.45) is 0 Å². The second-order valence-electron chi connectivity index (χ2n) is 9.46. The van der Waals surface area contributed by atoms with Gasteiger partial charge in [0.15, 0.2) is 11.5 Å². The second-order valence-corrected chi connectivity index (χ2v) is 9.98. The Balaban J connectivity index is 0.000000423. The Hall–Kier alpha value is -4.45. The van der Waals surface area contributed by atoms with Gasteiger partial charge in [0.05, 0.1) is 33.0 Å². The number of aromatic amines is 1. The van der Waals surface area contributed by atoms with Gasteiger partial charge in [-0.05, 0) is 65.7 Å². The molecule has 7 nitrogen and oxygen atoms in total. The van der Waals surface area contributed by atoms with Crippen LogP contribution < -0.4 is 14.2 Å². The Morgan fingerprint density at radius 1 is 0.878 bits per heavy atom. The zero-order chi connectivity index (χ0) is 28.6. The van der Waals surface area contributed by atoms with E-state index >= 15 is 0 Å². The van der Waals surface area contributed by atoms with Crippen LogP contribution in [0, 0.1) is 11.3 Å². The average molecular weight is 566 g/mol. The molecule has 208 valence electrons. The first-order valence-corrected chi connectivity index (χ1v) is 13.8. The van der Waals surface area contributed by atoms with Gasteiger partial charge < -0.3 is 23.9 Å². The summed E-state index contributed by atoms with van der Waals surface area (Å²) in [6.45, 7) is 1.38. The van der Waals surface area contributed by atoms with E-state index in [1.165, 1.54) is 0 Å². The highest BCUT2D eigenvalue weighted by atomic mass is 32.1. The van der Waals surface area contributed by atoms with Crippen LogP contribution in [0.25, 0.3) is 33.4 Å². The molecule has 1 saturated heterocycles.